The molecular weight excluding hydrogens is 232 g/mol. The quantitative estimate of drug-likeness (QED) is 0.707. The van der Waals surface area contributed by atoms with E-state index in [2.05, 4.69) is 15.0 Å². The normalized spacial score (nSPS) is 11.1. The number of hydrogen-bond donors (Lipinski definition) is 1. The summed E-state index contributed by atoms with van der Waals surface area (Å²) in [6.07, 6.45) is 1.65. The van der Waals surface area contributed by atoms with Crippen molar-refractivity contribution in [2.75, 3.05) is 0 Å². The third kappa shape index (κ3) is 1.38. The van der Waals surface area contributed by atoms with Gasteiger partial charge in [-0.25, -0.2) is 18.7 Å². The van der Waals surface area contributed by atoms with Crippen molar-refractivity contribution in [1.82, 2.24) is 15.0 Å². The number of rotatable bonds is 1. The molecule has 0 unspecified atom stereocenters. The van der Waals surface area contributed by atoms with E-state index in [1.54, 1.807) is 6.20 Å². The summed E-state index contributed by atoms with van der Waals surface area (Å²) < 4.78 is 25.9. The molecule has 0 aliphatic rings. The maximum absolute atomic E-state index is 13.0. The molecule has 0 bridgehead atoms. The predicted molar refractivity (Wildman–Crippen MR) is 57.1 cm³/mol. The molecule has 2 heterocycles. The van der Waals surface area contributed by atoms with Crippen molar-refractivity contribution in [1.29, 1.82) is 0 Å². The lowest BCUT2D eigenvalue weighted by atomic mass is 10.3. The number of aromatic amines is 1. The van der Waals surface area contributed by atoms with E-state index in [0.717, 1.165) is 12.1 Å². The summed E-state index contributed by atoms with van der Waals surface area (Å²) in [5.41, 5.74) is 0.855. The Morgan fingerprint density at radius 2 is 2.00 bits per heavy atom. The Bertz CT molecular complexity index is 606. The smallest absolute Gasteiger partial charge is 0.167 e. The summed E-state index contributed by atoms with van der Waals surface area (Å²) in [5, 5.41) is 2.50. The van der Waals surface area contributed by atoms with Crippen LogP contribution in [-0.4, -0.2) is 15.0 Å². The zero-order valence-corrected chi connectivity index (χ0v) is 8.68. The van der Waals surface area contributed by atoms with Gasteiger partial charge in [0.1, 0.15) is 0 Å². The van der Waals surface area contributed by atoms with E-state index in [9.17, 15) is 8.78 Å². The zero-order chi connectivity index (χ0) is 11.1. The highest BCUT2D eigenvalue weighted by atomic mass is 32.1. The number of aromatic nitrogens is 3. The first-order chi connectivity index (χ1) is 7.74. The van der Waals surface area contributed by atoms with Gasteiger partial charge in [0.25, 0.3) is 0 Å². The summed E-state index contributed by atoms with van der Waals surface area (Å²) in [6.45, 7) is 0. The number of halogens is 2. The van der Waals surface area contributed by atoms with Crippen LogP contribution in [-0.2, 0) is 0 Å². The van der Waals surface area contributed by atoms with E-state index >= 15 is 0 Å². The van der Waals surface area contributed by atoms with Crippen molar-refractivity contribution in [3.63, 3.8) is 0 Å². The molecule has 0 radical (unpaired) electrons. The van der Waals surface area contributed by atoms with Gasteiger partial charge in [0.15, 0.2) is 22.5 Å². The first-order valence-corrected chi connectivity index (χ1v) is 5.36. The van der Waals surface area contributed by atoms with Crippen LogP contribution < -0.4 is 0 Å². The fraction of sp³-hybridized carbons (Fsp3) is 0. The maximum atomic E-state index is 13.0. The molecule has 1 N–H and O–H groups in total. The van der Waals surface area contributed by atoms with Crippen molar-refractivity contribution < 1.29 is 8.78 Å². The van der Waals surface area contributed by atoms with Gasteiger partial charge >= 0.3 is 0 Å². The van der Waals surface area contributed by atoms with Gasteiger partial charge in [0.05, 0.1) is 11.0 Å². The third-order valence-electron chi connectivity index (χ3n) is 2.16. The molecule has 0 spiro atoms. The molecule has 3 nitrogen and oxygen atoms in total. The number of benzene rings is 1. The van der Waals surface area contributed by atoms with Crippen molar-refractivity contribution in [3.05, 3.63) is 35.3 Å². The summed E-state index contributed by atoms with van der Waals surface area (Å²) in [5.74, 6) is -1.26. The summed E-state index contributed by atoms with van der Waals surface area (Å²) >= 11 is 1.41. The largest absolute Gasteiger partial charge is 0.336 e. The van der Waals surface area contributed by atoms with Crippen molar-refractivity contribution >= 4 is 22.4 Å². The molecule has 6 heteroatoms. The number of hydrogen-bond acceptors (Lipinski definition) is 3. The van der Waals surface area contributed by atoms with E-state index < -0.39 is 11.6 Å². The van der Waals surface area contributed by atoms with E-state index in [-0.39, 0.29) is 0 Å². The van der Waals surface area contributed by atoms with Gasteiger partial charge in [0.2, 0.25) is 0 Å². The van der Waals surface area contributed by atoms with Crippen LogP contribution in [0, 0.1) is 11.6 Å². The summed E-state index contributed by atoms with van der Waals surface area (Å²) in [4.78, 5) is 11.1. The number of nitrogens with one attached hydrogen (secondary N) is 1. The van der Waals surface area contributed by atoms with Crippen LogP contribution in [0.5, 0.6) is 0 Å². The topological polar surface area (TPSA) is 41.6 Å². The van der Waals surface area contributed by atoms with Gasteiger partial charge in [-0.05, 0) is 0 Å². The number of imidazole rings is 1. The highest BCUT2D eigenvalue weighted by Gasteiger charge is 2.10. The molecule has 80 valence electrons. The van der Waals surface area contributed by atoms with Crippen LogP contribution in [0.1, 0.15) is 0 Å². The van der Waals surface area contributed by atoms with Crippen LogP contribution in [0.15, 0.2) is 23.7 Å². The van der Waals surface area contributed by atoms with Crippen LogP contribution in [0.3, 0.4) is 0 Å². The standard InChI is InChI=1S/C10H5F2N3S/c11-5-3-7-8(4-6(5)12)15-9(14-7)10-13-1-2-16-10/h1-4H,(H,14,15). The molecular formula is C10H5F2N3S. The molecule has 0 saturated carbocycles. The lowest BCUT2D eigenvalue weighted by molar-refractivity contribution is 0.510. The maximum Gasteiger partial charge on any atom is 0.167 e. The molecule has 0 aliphatic carbocycles. The molecule has 0 amide bonds. The van der Waals surface area contributed by atoms with Crippen LogP contribution in [0.2, 0.25) is 0 Å². The predicted octanol–water partition coefficient (Wildman–Crippen LogP) is 2.96. The Kier molecular flexibility index (Phi) is 1.97. The van der Waals surface area contributed by atoms with Gasteiger partial charge < -0.3 is 4.98 Å². The molecule has 2 aromatic heterocycles. The molecule has 0 aliphatic heterocycles. The van der Waals surface area contributed by atoms with Gasteiger partial charge in [-0.15, -0.1) is 11.3 Å². The second-order valence-corrected chi connectivity index (χ2v) is 4.10. The van der Waals surface area contributed by atoms with Crippen LogP contribution in [0.4, 0.5) is 8.78 Å². The van der Waals surface area contributed by atoms with E-state index in [1.165, 1.54) is 11.3 Å². The molecule has 1 aromatic carbocycles. The van der Waals surface area contributed by atoms with E-state index in [0.29, 0.717) is 21.9 Å². The Morgan fingerprint density at radius 1 is 1.19 bits per heavy atom. The van der Waals surface area contributed by atoms with Gasteiger partial charge in [-0.3, -0.25) is 0 Å². The highest BCUT2D eigenvalue weighted by Crippen LogP contribution is 2.23. The molecule has 0 saturated heterocycles. The van der Waals surface area contributed by atoms with Crippen molar-refractivity contribution in [2.45, 2.75) is 0 Å². The van der Waals surface area contributed by atoms with Gasteiger partial charge in [-0.2, -0.15) is 0 Å². The Morgan fingerprint density at radius 3 is 2.75 bits per heavy atom. The van der Waals surface area contributed by atoms with Crippen molar-refractivity contribution in [3.8, 4) is 10.8 Å². The zero-order valence-electron chi connectivity index (χ0n) is 7.87. The molecule has 3 rings (SSSR count). The molecule has 0 atom stereocenters. The fourth-order valence-corrected chi connectivity index (χ4v) is 2.03. The third-order valence-corrected chi connectivity index (χ3v) is 2.94. The number of thiazole rings is 1. The van der Waals surface area contributed by atoms with Gasteiger partial charge in [0, 0.05) is 23.7 Å². The first-order valence-electron chi connectivity index (χ1n) is 4.48. The SMILES string of the molecule is Fc1cc2nc(-c3nccs3)[nH]c2cc1F. The molecule has 0 fully saturated rings. The van der Waals surface area contributed by atoms with Crippen LogP contribution >= 0.6 is 11.3 Å². The number of nitrogens with zero attached hydrogens (tertiary/aromatic N) is 2. The minimum absolute atomic E-state index is 0.393. The number of fused-ring (bicyclic) bond motifs is 1. The Hall–Kier alpha value is -1.82. The second-order valence-electron chi connectivity index (χ2n) is 3.21. The van der Waals surface area contributed by atoms with E-state index in [4.69, 9.17) is 0 Å². The van der Waals surface area contributed by atoms with Crippen LogP contribution in [0.25, 0.3) is 21.9 Å². The minimum Gasteiger partial charge on any atom is -0.336 e. The minimum atomic E-state index is -0.898. The highest BCUT2D eigenvalue weighted by molar-refractivity contribution is 7.13. The van der Waals surface area contributed by atoms with Crippen molar-refractivity contribution in [2.24, 2.45) is 0 Å². The average molecular weight is 237 g/mol. The summed E-state index contributed by atoms with van der Waals surface area (Å²) in [6, 6.07) is 2.16. The fourth-order valence-electron chi connectivity index (χ4n) is 1.45. The van der Waals surface area contributed by atoms with E-state index in [1.807, 2.05) is 5.38 Å². The lowest BCUT2D eigenvalue weighted by Crippen LogP contribution is -1.82. The number of H-pyrrole nitrogens is 1. The molecule has 3 aromatic rings. The summed E-state index contributed by atoms with van der Waals surface area (Å²) in [7, 11) is 0. The Balaban J connectivity index is 2.23. The van der Waals surface area contributed by atoms with Gasteiger partial charge in [-0.1, -0.05) is 0 Å². The average Bonchev–Trinajstić information content (AvgIpc) is 2.86. The lowest BCUT2D eigenvalue weighted by Gasteiger charge is -1.90. The first kappa shape index (κ1) is 9.41. The Labute approximate surface area is 92.8 Å². The monoisotopic (exact) mass is 237 g/mol. The second kappa shape index (κ2) is 3.34. The molecule has 16 heavy (non-hydrogen) atoms.